The Labute approximate surface area is 130 Å². The molecule has 0 bridgehead atoms. The Kier molecular flexibility index (Phi) is 8.92. The van der Waals surface area contributed by atoms with Crippen LogP contribution in [0.15, 0.2) is 0 Å². The van der Waals surface area contributed by atoms with E-state index in [1.165, 1.54) is 0 Å². The number of nitriles is 1. The van der Waals surface area contributed by atoms with Gasteiger partial charge in [0.25, 0.3) is 0 Å². The second kappa shape index (κ2) is 9.02. The molecule has 0 fully saturated rings. The molecule has 21 heavy (non-hydrogen) atoms. The van der Waals surface area contributed by atoms with Crippen molar-refractivity contribution in [2.45, 2.75) is 78.8 Å². The van der Waals surface area contributed by atoms with Crippen LogP contribution < -0.4 is 0 Å². The maximum absolute atomic E-state index is 11.0. The molecule has 0 saturated heterocycles. The summed E-state index contributed by atoms with van der Waals surface area (Å²) in [5.74, 6) is 0. The number of rotatable bonds is 11. The van der Waals surface area contributed by atoms with Gasteiger partial charge in [-0.25, -0.2) is 0 Å². The fourth-order valence-corrected chi connectivity index (χ4v) is 6.14. The predicted molar refractivity (Wildman–Crippen MR) is 88.7 cm³/mol. The topological polar surface area (TPSA) is 76.7 Å². The number of unbranched alkanes of at least 4 members (excludes halogenated alkanes) is 3. The summed E-state index contributed by atoms with van der Waals surface area (Å²) in [6.07, 6.45) is 4.13. The Morgan fingerprint density at radius 3 is 2.10 bits per heavy atom. The van der Waals surface area contributed by atoms with E-state index in [1.807, 2.05) is 33.8 Å². The maximum atomic E-state index is 11.0. The molecule has 126 valence electrons. The summed E-state index contributed by atoms with van der Waals surface area (Å²) in [4.78, 5) is 22.0. The zero-order valence-electron chi connectivity index (χ0n) is 14.2. The molecule has 0 aromatic heterocycles. The SMILES string of the molecule is CCCCCCOP(O)(O)(CCC#N)N(C(C)C)C(C)C. The summed E-state index contributed by atoms with van der Waals surface area (Å²) >= 11 is 0. The summed E-state index contributed by atoms with van der Waals surface area (Å²) < 4.78 is 7.32. The van der Waals surface area contributed by atoms with Gasteiger partial charge in [-0.2, -0.15) is 0 Å². The number of nitrogens with zero attached hydrogens (tertiary/aromatic N) is 2. The Hall–Kier alpha value is -0.240. The predicted octanol–water partition coefficient (Wildman–Crippen LogP) is 3.81. The monoisotopic (exact) mass is 320 g/mol. The third-order valence-corrected chi connectivity index (χ3v) is 7.06. The van der Waals surface area contributed by atoms with Crippen molar-refractivity contribution in [1.82, 2.24) is 4.67 Å². The van der Waals surface area contributed by atoms with Crippen LogP contribution in [0.5, 0.6) is 0 Å². The molecule has 5 nitrogen and oxygen atoms in total. The van der Waals surface area contributed by atoms with Crippen molar-refractivity contribution >= 4 is 7.43 Å². The van der Waals surface area contributed by atoms with Gasteiger partial charge in [0.15, 0.2) is 0 Å². The van der Waals surface area contributed by atoms with E-state index in [-0.39, 0.29) is 24.7 Å². The molecule has 0 aliphatic heterocycles. The molecule has 0 amide bonds. The molecule has 6 heteroatoms. The molecule has 0 aliphatic rings. The van der Waals surface area contributed by atoms with Gasteiger partial charge in [0.1, 0.15) is 0 Å². The van der Waals surface area contributed by atoms with E-state index in [9.17, 15) is 9.79 Å². The molecule has 0 atom stereocenters. The first-order chi connectivity index (χ1) is 9.68. The molecule has 0 heterocycles. The van der Waals surface area contributed by atoms with Gasteiger partial charge in [-0.15, -0.1) is 0 Å². The van der Waals surface area contributed by atoms with Crippen molar-refractivity contribution < 1.29 is 14.3 Å². The van der Waals surface area contributed by atoms with Crippen LogP contribution >= 0.6 is 7.43 Å². The van der Waals surface area contributed by atoms with Crippen molar-refractivity contribution in [2.75, 3.05) is 12.8 Å². The van der Waals surface area contributed by atoms with E-state index in [0.29, 0.717) is 6.61 Å². The standard InChI is InChI=1S/C15H33N2O3P/c1-6-7-8-9-12-20-21(18,19,13-10-11-16)17(14(2)3)15(4)5/h14-15,18-19H,6-10,12-13H2,1-5H3. The first-order valence-electron chi connectivity index (χ1n) is 8.00. The summed E-state index contributed by atoms with van der Waals surface area (Å²) in [5, 5.41) is 8.82. The van der Waals surface area contributed by atoms with Crippen LogP contribution in [-0.4, -0.2) is 39.3 Å². The van der Waals surface area contributed by atoms with Crippen LogP contribution in [0, 0.1) is 11.3 Å². The van der Waals surface area contributed by atoms with E-state index in [4.69, 9.17) is 9.79 Å². The molecule has 2 N–H and O–H groups in total. The van der Waals surface area contributed by atoms with Crippen molar-refractivity contribution in [3.8, 4) is 6.07 Å². The minimum absolute atomic E-state index is 0.0216. The van der Waals surface area contributed by atoms with Crippen LogP contribution in [0.3, 0.4) is 0 Å². The zero-order valence-corrected chi connectivity index (χ0v) is 15.1. The summed E-state index contributed by atoms with van der Waals surface area (Å²) in [5.41, 5.74) is 0. The Morgan fingerprint density at radius 2 is 1.67 bits per heavy atom. The van der Waals surface area contributed by atoms with Crippen molar-refractivity contribution in [2.24, 2.45) is 0 Å². The fourth-order valence-electron chi connectivity index (χ4n) is 2.80. The van der Waals surface area contributed by atoms with Crippen LogP contribution in [0.2, 0.25) is 0 Å². The van der Waals surface area contributed by atoms with Crippen LogP contribution in [0.1, 0.15) is 66.7 Å². The summed E-state index contributed by atoms with van der Waals surface area (Å²) in [6, 6.07) is 1.87. The van der Waals surface area contributed by atoms with Crippen LogP contribution in [0.4, 0.5) is 0 Å². The Balaban J connectivity index is 5.04. The van der Waals surface area contributed by atoms with Gasteiger partial charge in [-0.3, -0.25) is 0 Å². The van der Waals surface area contributed by atoms with Gasteiger partial charge < -0.3 is 0 Å². The van der Waals surface area contributed by atoms with Crippen LogP contribution in [-0.2, 0) is 4.52 Å². The summed E-state index contributed by atoms with van der Waals surface area (Å²) in [6.45, 7) is 10.1. The van der Waals surface area contributed by atoms with E-state index in [0.717, 1.165) is 25.7 Å². The summed E-state index contributed by atoms with van der Waals surface area (Å²) in [7, 11) is -4.46. The Bertz CT molecular complexity index is 332. The molecule has 0 aliphatic carbocycles. The normalized spacial score (nSPS) is 14.4. The number of hydrogen-bond acceptors (Lipinski definition) is 5. The van der Waals surface area contributed by atoms with Gasteiger partial charge >= 0.3 is 129 Å². The van der Waals surface area contributed by atoms with E-state index < -0.39 is 7.43 Å². The van der Waals surface area contributed by atoms with Crippen molar-refractivity contribution in [3.63, 3.8) is 0 Å². The Morgan fingerprint density at radius 1 is 1.10 bits per heavy atom. The quantitative estimate of drug-likeness (QED) is 0.447. The molecule has 0 rings (SSSR count). The molecule has 0 saturated carbocycles. The molecular weight excluding hydrogens is 287 g/mol. The van der Waals surface area contributed by atoms with Gasteiger partial charge in [0.05, 0.1) is 0 Å². The average Bonchev–Trinajstić information content (AvgIpc) is 2.35. The zero-order chi connectivity index (χ0) is 16.5. The average molecular weight is 320 g/mol. The van der Waals surface area contributed by atoms with Gasteiger partial charge in [-0.1, -0.05) is 0 Å². The van der Waals surface area contributed by atoms with E-state index in [1.54, 1.807) is 4.67 Å². The molecule has 0 aromatic carbocycles. The second-order valence-corrected chi connectivity index (χ2v) is 9.46. The van der Waals surface area contributed by atoms with E-state index in [2.05, 4.69) is 6.92 Å². The van der Waals surface area contributed by atoms with E-state index >= 15 is 0 Å². The molecule has 0 aromatic rings. The first-order valence-corrected chi connectivity index (χ1v) is 10.2. The molecule has 0 radical (unpaired) electrons. The molecule has 0 unspecified atom stereocenters. The third kappa shape index (κ3) is 6.59. The minimum atomic E-state index is -4.46. The van der Waals surface area contributed by atoms with Gasteiger partial charge in [0.2, 0.25) is 0 Å². The second-order valence-electron chi connectivity index (χ2n) is 6.16. The van der Waals surface area contributed by atoms with Gasteiger partial charge in [-0.05, 0) is 0 Å². The molecular formula is C15H33N2O3P. The van der Waals surface area contributed by atoms with Gasteiger partial charge in [0, 0.05) is 0 Å². The first kappa shape index (κ1) is 20.8. The van der Waals surface area contributed by atoms with Crippen LogP contribution in [0.25, 0.3) is 0 Å². The molecule has 0 spiro atoms. The fraction of sp³-hybridized carbons (Fsp3) is 0.933. The van der Waals surface area contributed by atoms with Crippen molar-refractivity contribution in [3.05, 3.63) is 0 Å². The number of hydrogen-bond donors (Lipinski definition) is 2. The van der Waals surface area contributed by atoms with Crippen molar-refractivity contribution in [1.29, 1.82) is 5.26 Å². The third-order valence-electron chi connectivity index (χ3n) is 3.49.